The molecule has 0 unspecified atom stereocenters. The normalized spacial score (nSPS) is 21.2. The van der Waals surface area contributed by atoms with Crippen LogP contribution in [0.3, 0.4) is 0 Å². The Kier molecular flexibility index (Phi) is 3.35. The molecule has 0 spiro atoms. The van der Waals surface area contributed by atoms with Gasteiger partial charge in [0.25, 0.3) is 0 Å². The molecule has 0 amide bonds. The maximum Gasteiger partial charge on any atom is 0.0718 e. The molecular weight excluding hydrogens is 194 g/mol. The van der Waals surface area contributed by atoms with Crippen molar-refractivity contribution in [2.24, 2.45) is 4.99 Å². The van der Waals surface area contributed by atoms with E-state index in [1.54, 1.807) is 0 Å². The van der Waals surface area contributed by atoms with Gasteiger partial charge >= 0.3 is 0 Å². The molecule has 1 heteroatoms. The van der Waals surface area contributed by atoms with Crippen LogP contribution in [-0.2, 0) is 0 Å². The first-order valence-electron chi connectivity index (χ1n) is 5.79. The lowest BCUT2D eigenvalue weighted by molar-refractivity contribution is 0.937. The highest BCUT2D eigenvalue weighted by Crippen LogP contribution is 2.24. The molecule has 0 fully saturated rings. The fourth-order valence-electron chi connectivity index (χ4n) is 2.12. The maximum absolute atomic E-state index is 4.66. The van der Waals surface area contributed by atoms with Crippen molar-refractivity contribution in [3.8, 4) is 0 Å². The van der Waals surface area contributed by atoms with Crippen molar-refractivity contribution in [2.75, 3.05) is 6.54 Å². The van der Waals surface area contributed by atoms with E-state index < -0.39 is 0 Å². The molecule has 0 radical (unpaired) electrons. The number of hydrogen-bond acceptors (Lipinski definition) is 1. The highest BCUT2D eigenvalue weighted by atomic mass is 14.8. The zero-order chi connectivity index (χ0) is 11.4. The summed E-state index contributed by atoms with van der Waals surface area (Å²) in [5.41, 5.74) is 5.06. The van der Waals surface area contributed by atoms with Crippen molar-refractivity contribution in [3.63, 3.8) is 0 Å². The quantitative estimate of drug-likeness (QED) is 0.670. The van der Waals surface area contributed by atoms with E-state index in [0.717, 1.165) is 18.7 Å². The Morgan fingerprint density at radius 2 is 1.81 bits per heavy atom. The Labute approximate surface area is 97.2 Å². The lowest BCUT2D eigenvalue weighted by atomic mass is 9.91. The summed E-state index contributed by atoms with van der Waals surface area (Å²) in [4.78, 5) is 4.66. The van der Waals surface area contributed by atoms with Gasteiger partial charge < -0.3 is 0 Å². The first kappa shape index (κ1) is 10.9. The molecule has 1 heterocycles. The van der Waals surface area contributed by atoms with E-state index in [2.05, 4.69) is 55.3 Å². The summed E-state index contributed by atoms with van der Waals surface area (Å²) < 4.78 is 0. The van der Waals surface area contributed by atoms with Crippen LogP contribution in [0.1, 0.15) is 25.8 Å². The molecule has 2 rings (SSSR count). The van der Waals surface area contributed by atoms with E-state index in [-0.39, 0.29) is 0 Å². The largest absolute Gasteiger partial charge is 0.284 e. The van der Waals surface area contributed by atoms with Crippen LogP contribution in [0.25, 0.3) is 0 Å². The van der Waals surface area contributed by atoms with Crippen LogP contribution < -0.4 is 0 Å². The third kappa shape index (κ3) is 1.99. The molecule has 1 aromatic rings. The van der Waals surface area contributed by atoms with Gasteiger partial charge in [0.15, 0.2) is 0 Å². The Morgan fingerprint density at radius 3 is 2.44 bits per heavy atom. The fourth-order valence-corrected chi connectivity index (χ4v) is 2.12. The predicted octanol–water partition coefficient (Wildman–Crippen LogP) is 3.77. The van der Waals surface area contributed by atoms with Gasteiger partial charge in [0.2, 0.25) is 0 Å². The van der Waals surface area contributed by atoms with Crippen molar-refractivity contribution in [1.29, 1.82) is 0 Å². The highest BCUT2D eigenvalue weighted by Gasteiger charge is 2.16. The molecule has 1 aliphatic heterocycles. The molecule has 1 aliphatic rings. The molecule has 16 heavy (non-hydrogen) atoms. The monoisotopic (exact) mass is 211 g/mol. The Morgan fingerprint density at radius 1 is 1.06 bits per heavy atom. The van der Waals surface area contributed by atoms with Crippen molar-refractivity contribution >= 4 is 5.71 Å². The van der Waals surface area contributed by atoms with E-state index in [1.807, 2.05) is 6.07 Å². The Balaban J connectivity index is 2.45. The molecule has 0 saturated carbocycles. The van der Waals surface area contributed by atoms with E-state index in [0.29, 0.717) is 0 Å². The van der Waals surface area contributed by atoms with Crippen LogP contribution in [0.4, 0.5) is 0 Å². The van der Waals surface area contributed by atoms with Gasteiger partial charge in [0, 0.05) is 12.1 Å². The summed E-state index contributed by atoms with van der Waals surface area (Å²) >= 11 is 0. The van der Waals surface area contributed by atoms with Gasteiger partial charge in [-0.1, -0.05) is 42.5 Å². The first-order chi connectivity index (χ1) is 7.86. The maximum atomic E-state index is 4.66. The average molecular weight is 211 g/mol. The van der Waals surface area contributed by atoms with Crippen LogP contribution in [0, 0.1) is 0 Å². The molecule has 0 N–H and O–H groups in total. The summed E-state index contributed by atoms with van der Waals surface area (Å²) in [5.74, 6) is 0. The van der Waals surface area contributed by atoms with Crippen LogP contribution in [0.15, 0.2) is 58.6 Å². The number of hydrogen-bond donors (Lipinski definition) is 0. The van der Waals surface area contributed by atoms with Crippen LogP contribution in [0.2, 0.25) is 0 Å². The first-order valence-corrected chi connectivity index (χ1v) is 5.79. The average Bonchev–Trinajstić information content (AvgIpc) is 2.38. The minimum absolute atomic E-state index is 0.904. The van der Waals surface area contributed by atoms with Gasteiger partial charge in [-0.15, -0.1) is 0 Å². The summed E-state index contributed by atoms with van der Waals surface area (Å²) in [5, 5.41) is 0. The zero-order valence-corrected chi connectivity index (χ0v) is 9.90. The predicted molar refractivity (Wildman–Crippen MR) is 70.0 cm³/mol. The summed E-state index contributed by atoms with van der Waals surface area (Å²) in [7, 11) is 0. The lowest BCUT2D eigenvalue weighted by Crippen LogP contribution is -2.13. The minimum Gasteiger partial charge on any atom is -0.284 e. The van der Waals surface area contributed by atoms with E-state index in [4.69, 9.17) is 0 Å². The molecular formula is C15H17N. The van der Waals surface area contributed by atoms with Gasteiger partial charge in [0.05, 0.1) is 5.71 Å². The minimum atomic E-state index is 0.904. The van der Waals surface area contributed by atoms with Crippen molar-refractivity contribution in [2.45, 2.75) is 20.3 Å². The van der Waals surface area contributed by atoms with Crippen LogP contribution >= 0.6 is 0 Å². The second kappa shape index (κ2) is 4.93. The van der Waals surface area contributed by atoms with Gasteiger partial charge in [-0.2, -0.15) is 0 Å². The molecule has 0 bridgehead atoms. The Bertz CT molecular complexity index is 450. The number of rotatable bonds is 1. The standard InChI is InChI=1S/C15H17N/c1-3-12-10-11-16-15(14(12)4-2)13-8-6-5-7-9-13/h3-9H,10-11H2,1-2H3/b12-3-,14-4+. The SMILES string of the molecule is C/C=C1/CCN=C(c2ccccc2)/C1=C/C. The fraction of sp³-hybridized carbons (Fsp3) is 0.267. The summed E-state index contributed by atoms with van der Waals surface area (Å²) in [6.45, 7) is 5.09. The third-order valence-electron chi connectivity index (χ3n) is 2.94. The molecule has 0 aromatic heterocycles. The molecule has 0 aliphatic carbocycles. The van der Waals surface area contributed by atoms with Gasteiger partial charge in [-0.25, -0.2) is 0 Å². The molecule has 1 aromatic carbocycles. The highest BCUT2D eigenvalue weighted by molar-refractivity contribution is 6.15. The second-order valence-electron chi connectivity index (χ2n) is 3.86. The number of benzene rings is 1. The number of aliphatic imine (C=N–C) groups is 1. The third-order valence-corrected chi connectivity index (χ3v) is 2.94. The smallest absolute Gasteiger partial charge is 0.0718 e. The molecule has 1 nitrogen and oxygen atoms in total. The van der Waals surface area contributed by atoms with Gasteiger partial charge in [-0.3, -0.25) is 4.99 Å². The van der Waals surface area contributed by atoms with E-state index in [9.17, 15) is 0 Å². The van der Waals surface area contributed by atoms with E-state index >= 15 is 0 Å². The zero-order valence-electron chi connectivity index (χ0n) is 9.90. The topological polar surface area (TPSA) is 12.4 Å². The number of nitrogens with zero attached hydrogens (tertiary/aromatic N) is 1. The van der Waals surface area contributed by atoms with Crippen molar-refractivity contribution in [3.05, 3.63) is 59.2 Å². The van der Waals surface area contributed by atoms with Crippen LogP contribution in [0.5, 0.6) is 0 Å². The van der Waals surface area contributed by atoms with Crippen LogP contribution in [-0.4, -0.2) is 12.3 Å². The number of allylic oxidation sites excluding steroid dienone is 3. The second-order valence-corrected chi connectivity index (χ2v) is 3.86. The van der Waals surface area contributed by atoms with Crippen molar-refractivity contribution < 1.29 is 0 Å². The summed E-state index contributed by atoms with van der Waals surface area (Å²) in [6.07, 6.45) is 5.43. The van der Waals surface area contributed by atoms with Crippen molar-refractivity contribution in [1.82, 2.24) is 0 Å². The molecule has 82 valence electrons. The Hall–Kier alpha value is -1.63. The molecule has 0 atom stereocenters. The molecule has 0 saturated heterocycles. The summed E-state index contributed by atoms with van der Waals surface area (Å²) in [6, 6.07) is 10.4. The van der Waals surface area contributed by atoms with E-state index in [1.165, 1.54) is 16.7 Å². The van der Waals surface area contributed by atoms with Gasteiger partial charge in [0.1, 0.15) is 0 Å². The lowest BCUT2D eigenvalue weighted by Gasteiger charge is -2.19. The van der Waals surface area contributed by atoms with Gasteiger partial charge in [-0.05, 0) is 31.4 Å².